The molecule has 7 heteroatoms. The molecule has 2 aliphatic heterocycles. The average Bonchev–Trinajstić information content (AvgIpc) is 3.10. The molecule has 2 unspecified atom stereocenters. The van der Waals surface area contributed by atoms with E-state index in [4.69, 9.17) is 32.9 Å². The Hall–Kier alpha value is -1.69. The van der Waals surface area contributed by atoms with Gasteiger partial charge < -0.3 is 14.5 Å². The van der Waals surface area contributed by atoms with Crippen LogP contribution in [0.15, 0.2) is 30.3 Å². The largest absolute Gasteiger partial charge is 0.494 e. The first-order chi connectivity index (χ1) is 13.6. The van der Waals surface area contributed by atoms with Crippen LogP contribution in [-0.4, -0.2) is 38.3 Å². The smallest absolute Gasteiger partial charge is 0.186 e. The zero-order valence-corrected chi connectivity index (χ0v) is 17.8. The van der Waals surface area contributed by atoms with Crippen molar-refractivity contribution in [3.63, 3.8) is 0 Å². The third-order valence-electron chi connectivity index (χ3n) is 5.58. The molecule has 5 rings (SSSR count). The molecule has 2 aromatic carbocycles. The first kappa shape index (κ1) is 18.3. The molecule has 1 aromatic heterocycles. The number of piperidine rings is 2. The van der Waals surface area contributed by atoms with Crippen molar-refractivity contribution in [1.82, 2.24) is 4.98 Å². The summed E-state index contributed by atoms with van der Waals surface area (Å²) in [6, 6.07) is 12.8. The van der Waals surface area contributed by atoms with Gasteiger partial charge in [0.15, 0.2) is 5.13 Å². The first-order valence-corrected chi connectivity index (χ1v) is 11.0. The lowest BCUT2D eigenvalue weighted by molar-refractivity contribution is 0.275. The summed E-state index contributed by atoms with van der Waals surface area (Å²) in [5.74, 6) is 1.95. The Bertz CT molecular complexity index is 1010. The quantitative estimate of drug-likeness (QED) is 0.555. The van der Waals surface area contributed by atoms with Crippen molar-refractivity contribution < 1.29 is 4.74 Å². The Morgan fingerprint density at radius 2 is 1.82 bits per heavy atom. The summed E-state index contributed by atoms with van der Waals surface area (Å²) in [6.07, 6.45) is 1.26. The fourth-order valence-electron chi connectivity index (χ4n) is 4.50. The Morgan fingerprint density at radius 3 is 2.57 bits per heavy atom. The second-order valence-corrected chi connectivity index (χ2v) is 9.50. The van der Waals surface area contributed by atoms with Crippen LogP contribution in [0.3, 0.4) is 0 Å². The molecule has 1 radical (unpaired) electrons. The lowest BCUT2D eigenvalue weighted by Gasteiger charge is -2.46. The van der Waals surface area contributed by atoms with Crippen molar-refractivity contribution in [3.8, 4) is 5.75 Å². The maximum Gasteiger partial charge on any atom is 0.186 e. The summed E-state index contributed by atoms with van der Waals surface area (Å²) < 4.78 is 6.68. The zero-order valence-electron chi connectivity index (χ0n) is 15.5. The fraction of sp³-hybridized carbons (Fsp3) is 0.381. The Labute approximate surface area is 178 Å². The number of nitrogens with zero attached hydrogens (tertiary/aromatic N) is 3. The molecule has 4 nitrogen and oxygen atoms in total. The van der Waals surface area contributed by atoms with E-state index >= 15 is 0 Å². The number of hydrogen-bond acceptors (Lipinski definition) is 5. The van der Waals surface area contributed by atoms with Crippen LogP contribution in [0.4, 0.5) is 10.8 Å². The molecule has 3 heterocycles. The van der Waals surface area contributed by atoms with Gasteiger partial charge in [-0.2, -0.15) is 0 Å². The van der Waals surface area contributed by atoms with Gasteiger partial charge in [-0.3, -0.25) is 0 Å². The summed E-state index contributed by atoms with van der Waals surface area (Å²) >= 11 is 14.1. The number of rotatable bonds is 3. The van der Waals surface area contributed by atoms with Crippen molar-refractivity contribution >= 4 is 55.6 Å². The Balaban J connectivity index is 1.37. The van der Waals surface area contributed by atoms with E-state index in [0.717, 1.165) is 58.0 Å². The van der Waals surface area contributed by atoms with E-state index < -0.39 is 0 Å². The molecule has 28 heavy (non-hydrogen) atoms. The highest BCUT2D eigenvalue weighted by atomic mass is 35.5. The molecule has 0 aliphatic carbocycles. The first-order valence-electron chi connectivity index (χ1n) is 9.40. The maximum atomic E-state index is 6.23. The number of hydrogen-bond donors (Lipinski definition) is 0. The molecular weight excluding hydrogens is 413 g/mol. The van der Waals surface area contributed by atoms with Gasteiger partial charge in [0, 0.05) is 42.3 Å². The van der Waals surface area contributed by atoms with Gasteiger partial charge >= 0.3 is 0 Å². The highest BCUT2D eigenvalue weighted by Gasteiger charge is 2.36. The number of fused-ring (bicyclic) bond motifs is 3. The van der Waals surface area contributed by atoms with E-state index in [1.54, 1.807) is 24.5 Å². The number of ether oxygens (including phenoxy) is 1. The molecule has 2 atom stereocenters. The second-order valence-electron chi connectivity index (χ2n) is 7.62. The van der Waals surface area contributed by atoms with Gasteiger partial charge in [0.05, 0.1) is 23.0 Å². The van der Waals surface area contributed by atoms with E-state index in [0.29, 0.717) is 16.9 Å². The van der Waals surface area contributed by atoms with Gasteiger partial charge in [-0.1, -0.05) is 34.5 Å². The normalized spacial score (nSPS) is 22.0. The van der Waals surface area contributed by atoms with E-state index in [1.165, 1.54) is 6.42 Å². The highest BCUT2D eigenvalue weighted by Crippen LogP contribution is 2.39. The number of aromatic nitrogens is 1. The van der Waals surface area contributed by atoms with Crippen LogP contribution in [-0.2, 0) is 0 Å². The molecule has 145 valence electrons. The van der Waals surface area contributed by atoms with Gasteiger partial charge in [0.2, 0.25) is 0 Å². The van der Waals surface area contributed by atoms with Crippen LogP contribution in [0.1, 0.15) is 6.42 Å². The number of anilines is 2. The second kappa shape index (κ2) is 7.29. The molecule has 2 fully saturated rings. The summed E-state index contributed by atoms with van der Waals surface area (Å²) in [5, 5.41) is 2.57. The predicted molar refractivity (Wildman–Crippen MR) is 117 cm³/mol. The van der Waals surface area contributed by atoms with E-state index in [2.05, 4.69) is 15.9 Å². The topological polar surface area (TPSA) is 28.6 Å². The zero-order chi connectivity index (χ0) is 19.3. The van der Waals surface area contributed by atoms with Crippen molar-refractivity contribution in [3.05, 3.63) is 46.4 Å². The third-order valence-corrected chi connectivity index (χ3v) is 7.12. The minimum atomic E-state index is 0.590. The minimum absolute atomic E-state index is 0.590. The van der Waals surface area contributed by atoms with Crippen molar-refractivity contribution in [2.24, 2.45) is 11.8 Å². The van der Waals surface area contributed by atoms with Gasteiger partial charge in [-0.25, -0.2) is 4.98 Å². The van der Waals surface area contributed by atoms with Crippen LogP contribution in [0.5, 0.6) is 5.75 Å². The summed E-state index contributed by atoms with van der Waals surface area (Å²) in [4.78, 5) is 9.72. The molecule has 0 saturated carbocycles. The molecule has 0 N–H and O–H groups in total. The van der Waals surface area contributed by atoms with Crippen LogP contribution < -0.4 is 14.5 Å². The van der Waals surface area contributed by atoms with Crippen LogP contribution in [0.25, 0.3) is 10.2 Å². The van der Waals surface area contributed by atoms with Gasteiger partial charge in [-0.05, 0) is 48.6 Å². The molecule has 2 bridgehead atoms. The minimum Gasteiger partial charge on any atom is -0.494 e. The molecule has 0 amide bonds. The SMILES string of the molecule is COc1[c]cc(Cl)cc1N1CC2CC(CN(c3nc4ccc(Cl)cc4s3)C2)C1. The van der Waals surface area contributed by atoms with Crippen molar-refractivity contribution in [2.45, 2.75) is 6.42 Å². The van der Waals surface area contributed by atoms with Crippen LogP contribution in [0.2, 0.25) is 10.0 Å². The van der Waals surface area contributed by atoms with E-state index in [9.17, 15) is 0 Å². The Morgan fingerprint density at radius 1 is 1.07 bits per heavy atom. The van der Waals surface area contributed by atoms with Gasteiger partial charge in [0.25, 0.3) is 0 Å². The molecule has 2 aliphatic rings. The number of methoxy groups -OCH3 is 1. The number of benzene rings is 2. The average molecular weight is 433 g/mol. The molecule has 0 spiro atoms. The standard InChI is InChI=1S/C21H20Cl2N3OS/c1-27-19-5-3-15(22)7-18(19)25-9-13-6-14(10-25)12-26(11-13)21-24-17-4-2-16(23)8-20(17)28-21/h2-4,7-8,13-14H,6,9-12H2,1H3. The van der Waals surface area contributed by atoms with E-state index in [1.807, 2.05) is 24.3 Å². The number of halogens is 2. The summed E-state index contributed by atoms with van der Waals surface area (Å²) in [6.45, 7) is 4.03. The van der Waals surface area contributed by atoms with Crippen molar-refractivity contribution in [2.75, 3.05) is 43.1 Å². The maximum absolute atomic E-state index is 6.23. The van der Waals surface area contributed by atoms with E-state index in [-0.39, 0.29) is 0 Å². The van der Waals surface area contributed by atoms with Crippen LogP contribution in [0, 0.1) is 17.9 Å². The lowest BCUT2D eigenvalue weighted by atomic mass is 9.84. The van der Waals surface area contributed by atoms with Crippen LogP contribution >= 0.6 is 34.5 Å². The molecular formula is C21H20Cl2N3OS. The van der Waals surface area contributed by atoms with Gasteiger partial charge in [-0.15, -0.1) is 0 Å². The summed E-state index contributed by atoms with van der Waals surface area (Å²) in [7, 11) is 1.69. The molecule has 3 aromatic rings. The Kier molecular flexibility index (Phi) is 4.77. The number of thiazole rings is 1. The van der Waals surface area contributed by atoms with Crippen molar-refractivity contribution in [1.29, 1.82) is 0 Å². The van der Waals surface area contributed by atoms with Gasteiger partial charge in [0.1, 0.15) is 5.75 Å². The molecule has 2 saturated heterocycles. The highest BCUT2D eigenvalue weighted by molar-refractivity contribution is 7.22. The monoisotopic (exact) mass is 432 g/mol. The predicted octanol–water partition coefficient (Wildman–Crippen LogP) is 5.37. The summed E-state index contributed by atoms with van der Waals surface area (Å²) in [5.41, 5.74) is 2.08. The lowest BCUT2D eigenvalue weighted by Crippen LogP contribution is -2.53. The fourth-order valence-corrected chi connectivity index (χ4v) is 5.92. The third kappa shape index (κ3) is 3.40.